The molecule has 9 nitrogen and oxygen atoms in total. The topological polar surface area (TPSA) is 104 Å². The lowest BCUT2D eigenvalue weighted by molar-refractivity contribution is -0.344. The average molecular weight is 439 g/mol. The summed E-state index contributed by atoms with van der Waals surface area (Å²) in [5, 5.41) is 3.61. The summed E-state index contributed by atoms with van der Waals surface area (Å²) in [5.74, 6) is -0.906. The van der Waals surface area contributed by atoms with Gasteiger partial charge in [0.15, 0.2) is 22.8 Å². The average Bonchev–Trinajstić information content (AvgIpc) is 3.15. The van der Waals surface area contributed by atoms with Crippen molar-refractivity contribution >= 4 is 40.5 Å². The number of alkyl halides is 2. The van der Waals surface area contributed by atoms with Gasteiger partial charge in [0.05, 0.1) is 16.6 Å². The van der Waals surface area contributed by atoms with Gasteiger partial charge in [-0.2, -0.15) is 5.10 Å². The number of ether oxygens (including phenoxy) is 2. The Kier molecular flexibility index (Phi) is 4.79. The highest BCUT2D eigenvalue weighted by molar-refractivity contribution is 6.33. The highest BCUT2D eigenvalue weighted by Crippen LogP contribution is 2.39. The minimum atomic E-state index is -3.82. The van der Waals surface area contributed by atoms with Crippen LogP contribution >= 0.6 is 11.6 Å². The summed E-state index contributed by atoms with van der Waals surface area (Å²) < 4.78 is 41.1. The van der Waals surface area contributed by atoms with Crippen LogP contribution in [0.25, 0.3) is 11.0 Å². The zero-order chi connectivity index (χ0) is 21.6. The number of rotatable bonds is 4. The number of hydrogen-bond acceptors (Lipinski definition) is 7. The van der Waals surface area contributed by atoms with Gasteiger partial charge in [-0.1, -0.05) is 17.7 Å². The van der Waals surface area contributed by atoms with E-state index in [2.05, 4.69) is 14.6 Å². The fourth-order valence-corrected chi connectivity index (χ4v) is 3.14. The van der Waals surface area contributed by atoms with Gasteiger partial charge in [0.25, 0.3) is 5.56 Å². The highest BCUT2D eigenvalue weighted by Gasteiger charge is 2.40. The highest BCUT2D eigenvalue weighted by atomic mass is 35.5. The summed E-state index contributed by atoms with van der Waals surface area (Å²) in [5.41, 5.74) is -0.429. The standard InChI is InChI=1S/C18H11ClF2N3O6/c1-23(12-3-2-4-13-11(12)8-28-18(20,21)30-13)14(26)6-24-17(27)10-5-9(7-25)29-15(10)16(19)22-24/h2-5,7-8H,6H2,1H3. The van der Waals surface area contributed by atoms with E-state index in [4.69, 9.17) is 16.0 Å². The van der Waals surface area contributed by atoms with Gasteiger partial charge in [-0.15, -0.1) is 8.78 Å². The van der Waals surface area contributed by atoms with Gasteiger partial charge in [0.2, 0.25) is 5.91 Å². The summed E-state index contributed by atoms with van der Waals surface area (Å²) in [6.07, 6.45) is -3.41. The Hall–Kier alpha value is -3.31. The number of anilines is 1. The van der Waals surface area contributed by atoms with Crippen molar-refractivity contribution in [2.24, 2.45) is 0 Å². The van der Waals surface area contributed by atoms with Crippen LogP contribution in [0.1, 0.15) is 16.1 Å². The minimum Gasteiger partial charge on any atom is -0.450 e. The third kappa shape index (κ3) is 3.42. The Morgan fingerprint density at radius 1 is 1.40 bits per heavy atom. The molecule has 0 spiro atoms. The van der Waals surface area contributed by atoms with Crippen molar-refractivity contribution < 1.29 is 32.3 Å². The lowest BCUT2D eigenvalue weighted by Gasteiger charge is -2.28. The van der Waals surface area contributed by atoms with Crippen LogP contribution in [-0.4, -0.2) is 35.3 Å². The number of aldehydes is 1. The number of furan rings is 1. The maximum Gasteiger partial charge on any atom is 0.535 e. The van der Waals surface area contributed by atoms with Crippen LogP contribution in [-0.2, 0) is 16.1 Å². The molecule has 0 saturated heterocycles. The number of likely N-dealkylation sites (N-methyl/N-ethyl adjacent to an activating group) is 1. The van der Waals surface area contributed by atoms with Gasteiger partial charge in [0, 0.05) is 13.1 Å². The summed E-state index contributed by atoms with van der Waals surface area (Å²) >= 11 is 5.99. The molecule has 0 N–H and O–H groups in total. The van der Waals surface area contributed by atoms with Crippen molar-refractivity contribution in [1.29, 1.82) is 0 Å². The number of hydrogen-bond donors (Lipinski definition) is 0. The number of aromatic nitrogens is 2. The van der Waals surface area contributed by atoms with E-state index in [-0.39, 0.29) is 38.9 Å². The van der Waals surface area contributed by atoms with E-state index in [0.717, 1.165) is 16.2 Å². The summed E-state index contributed by atoms with van der Waals surface area (Å²) in [4.78, 5) is 37.3. The molecule has 1 aromatic carbocycles. The van der Waals surface area contributed by atoms with Gasteiger partial charge in [-0.3, -0.25) is 19.1 Å². The van der Waals surface area contributed by atoms with Crippen LogP contribution in [0.15, 0.2) is 33.5 Å². The first-order valence-corrected chi connectivity index (χ1v) is 8.71. The number of carbonyl (C=O) groups excluding carboxylic acids is 2. The second-order valence-electron chi connectivity index (χ2n) is 6.21. The van der Waals surface area contributed by atoms with Gasteiger partial charge >= 0.3 is 6.29 Å². The molecular weight excluding hydrogens is 428 g/mol. The fourth-order valence-electron chi connectivity index (χ4n) is 2.90. The lowest BCUT2D eigenvalue weighted by Crippen LogP contribution is -2.37. The molecule has 1 aliphatic rings. The second kappa shape index (κ2) is 7.18. The largest absolute Gasteiger partial charge is 0.535 e. The Morgan fingerprint density at radius 3 is 2.90 bits per heavy atom. The quantitative estimate of drug-likeness (QED) is 0.577. The first-order valence-electron chi connectivity index (χ1n) is 8.33. The van der Waals surface area contributed by atoms with E-state index in [0.29, 0.717) is 6.29 Å². The van der Waals surface area contributed by atoms with Gasteiger partial charge < -0.3 is 14.1 Å². The first kappa shape index (κ1) is 20.0. The van der Waals surface area contributed by atoms with E-state index in [1.807, 2.05) is 0 Å². The summed E-state index contributed by atoms with van der Waals surface area (Å²) in [6, 6.07) is 5.41. The van der Waals surface area contributed by atoms with Crippen molar-refractivity contribution in [3.05, 3.63) is 57.7 Å². The van der Waals surface area contributed by atoms with E-state index in [1.54, 1.807) is 0 Å². The molecular formula is C18H11ClF2N3O6. The van der Waals surface area contributed by atoms with Crippen molar-refractivity contribution in [2.75, 3.05) is 11.9 Å². The van der Waals surface area contributed by atoms with E-state index in [9.17, 15) is 23.2 Å². The maximum absolute atomic E-state index is 13.3. The molecule has 0 unspecified atom stereocenters. The molecule has 0 fully saturated rings. The van der Waals surface area contributed by atoms with Crippen molar-refractivity contribution in [3.8, 4) is 5.75 Å². The smallest absolute Gasteiger partial charge is 0.450 e. The molecule has 0 saturated carbocycles. The first-order chi connectivity index (χ1) is 14.2. The van der Waals surface area contributed by atoms with Crippen LogP contribution in [0.4, 0.5) is 14.5 Å². The summed E-state index contributed by atoms with van der Waals surface area (Å²) in [6.45, 7) is 0.270. The van der Waals surface area contributed by atoms with Crippen LogP contribution in [0.2, 0.25) is 5.15 Å². The molecule has 1 aliphatic heterocycles. The predicted octanol–water partition coefficient (Wildman–Crippen LogP) is 2.59. The number of nitrogens with zero attached hydrogens (tertiary/aromatic N) is 3. The number of fused-ring (bicyclic) bond motifs is 2. The molecule has 1 amide bonds. The zero-order valence-electron chi connectivity index (χ0n) is 15.1. The third-order valence-corrected chi connectivity index (χ3v) is 4.58. The van der Waals surface area contributed by atoms with E-state index in [1.165, 1.54) is 31.3 Å². The number of benzene rings is 1. The molecule has 0 bridgehead atoms. The zero-order valence-corrected chi connectivity index (χ0v) is 15.9. The number of amides is 1. The normalized spacial score (nSPS) is 14.8. The van der Waals surface area contributed by atoms with Crippen LogP contribution in [0, 0.1) is 6.61 Å². The van der Waals surface area contributed by atoms with Gasteiger partial charge in [-0.05, 0) is 12.1 Å². The Labute approximate surface area is 171 Å². The predicted molar refractivity (Wildman–Crippen MR) is 98.6 cm³/mol. The fraction of sp³-hybridized carbons (Fsp3) is 0.167. The molecule has 0 atom stereocenters. The Bertz CT molecular complexity index is 1240. The van der Waals surface area contributed by atoms with Gasteiger partial charge in [0.1, 0.15) is 18.9 Å². The van der Waals surface area contributed by atoms with Crippen LogP contribution in [0.3, 0.4) is 0 Å². The third-order valence-electron chi connectivity index (χ3n) is 4.33. The van der Waals surface area contributed by atoms with Gasteiger partial charge in [-0.25, -0.2) is 4.68 Å². The molecule has 0 aliphatic carbocycles. The Balaban J connectivity index is 1.65. The van der Waals surface area contributed by atoms with Crippen molar-refractivity contribution in [1.82, 2.24) is 9.78 Å². The maximum atomic E-state index is 13.3. The second-order valence-corrected chi connectivity index (χ2v) is 6.56. The molecule has 4 rings (SSSR count). The number of halogens is 3. The minimum absolute atomic E-state index is 0.0120. The molecule has 3 heterocycles. The van der Waals surface area contributed by atoms with Crippen molar-refractivity contribution in [3.63, 3.8) is 0 Å². The van der Waals surface area contributed by atoms with Crippen LogP contribution in [0.5, 0.6) is 5.75 Å². The van der Waals surface area contributed by atoms with E-state index < -0.39 is 24.3 Å². The SMILES string of the molecule is CN(C(=O)Cn1nc(Cl)c2oc(C=O)cc2c1=O)c1cccc2c1[CH]OC(F)(F)O2. The Morgan fingerprint density at radius 2 is 2.17 bits per heavy atom. The lowest BCUT2D eigenvalue weighted by atomic mass is 10.1. The molecule has 12 heteroatoms. The van der Waals surface area contributed by atoms with E-state index >= 15 is 0 Å². The monoisotopic (exact) mass is 438 g/mol. The molecule has 3 aromatic rings. The molecule has 30 heavy (non-hydrogen) atoms. The molecule has 1 radical (unpaired) electrons. The number of carbonyl (C=O) groups is 2. The van der Waals surface area contributed by atoms with Crippen molar-refractivity contribution in [2.45, 2.75) is 12.8 Å². The molecule has 155 valence electrons. The van der Waals surface area contributed by atoms with Crippen LogP contribution < -0.4 is 15.2 Å². The summed E-state index contributed by atoms with van der Waals surface area (Å²) in [7, 11) is 1.38. The molecule has 2 aromatic heterocycles.